The highest BCUT2D eigenvalue weighted by Gasteiger charge is 2.02. The first kappa shape index (κ1) is 34.3. The van der Waals surface area contributed by atoms with Crippen molar-refractivity contribution in [3.8, 4) is 23.7 Å². The molecule has 0 saturated carbocycles. The fourth-order valence-corrected chi connectivity index (χ4v) is 4.16. The minimum atomic E-state index is 0. The lowest BCUT2D eigenvalue weighted by molar-refractivity contribution is -0.695. The summed E-state index contributed by atoms with van der Waals surface area (Å²) in [5, 5.41) is 3.02. The van der Waals surface area contributed by atoms with Gasteiger partial charge < -0.3 is 22.3 Å². The lowest BCUT2D eigenvalue weighted by atomic mass is 10.1. The number of aromatic nitrogens is 2. The molecule has 2 N–H and O–H groups in total. The number of amides is 1. The number of hydrogen-bond acceptors (Lipinski definition) is 1. The summed E-state index contributed by atoms with van der Waals surface area (Å²) in [4.78, 5) is 14.9. The number of aryl methyl sites for hydroxylation is 1. The Morgan fingerprint density at radius 1 is 0.750 bits per heavy atom. The van der Waals surface area contributed by atoms with Gasteiger partial charge in [-0.1, -0.05) is 102 Å². The number of carbonyl (C=O) groups is 1. The summed E-state index contributed by atoms with van der Waals surface area (Å²) in [5.41, 5.74) is 0. The van der Waals surface area contributed by atoms with Crippen LogP contribution in [-0.2, 0) is 11.3 Å². The average Bonchev–Trinajstić information content (AvgIpc) is 3.38. The molecule has 0 aliphatic heterocycles. The Balaban J connectivity index is 0.0000122. The highest BCUT2D eigenvalue weighted by atomic mass is 79.9. The molecule has 0 radical (unpaired) electrons. The van der Waals surface area contributed by atoms with Crippen LogP contribution in [0.2, 0.25) is 0 Å². The van der Waals surface area contributed by atoms with Crippen molar-refractivity contribution in [1.82, 2.24) is 10.3 Å². The number of unbranched alkanes of at least 4 members (excludes halogenated alkanes) is 16. The highest BCUT2D eigenvalue weighted by molar-refractivity contribution is 5.75. The monoisotopic (exact) mass is 561 g/mol. The third-order valence-corrected chi connectivity index (χ3v) is 6.37. The largest absolute Gasteiger partial charge is 1.00 e. The summed E-state index contributed by atoms with van der Waals surface area (Å²) in [6, 6.07) is 0. The van der Waals surface area contributed by atoms with E-state index < -0.39 is 0 Å². The smallest absolute Gasteiger partial charge is 0.241 e. The van der Waals surface area contributed by atoms with Crippen LogP contribution < -0.4 is 26.9 Å². The lowest BCUT2D eigenvalue weighted by Crippen LogP contribution is -3.00. The summed E-state index contributed by atoms with van der Waals surface area (Å²) >= 11 is 0. The van der Waals surface area contributed by atoms with Gasteiger partial charge in [-0.2, -0.15) is 0 Å². The average molecular weight is 563 g/mol. The van der Waals surface area contributed by atoms with Gasteiger partial charge in [-0.3, -0.25) is 9.78 Å². The van der Waals surface area contributed by atoms with Gasteiger partial charge in [0.1, 0.15) is 12.4 Å². The minimum absolute atomic E-state index is 0. The van der Waals surface area contributed by atoms with Crippen LogP contribution in [0.5, 0.6) is 0 Å². The molecule has 5 heteroatoms. The van der Waals surface area contributed by atoms with Gasteiger partial charge in [0, 0.05) is 32.2 Å². The van der Waals surface area contributed by atoms with E-state index in [0.29, 0.717) is 6.42 Å². The van der Waals surface area contributed by atoms with E-state index in [1.54, 1.807) is 0 Å². The number of imidazole rings is 1. The zero-order valence-corrected chi connectivity index (χ0v) is 24.6. The van der Waals surface area contributed by atoms with E-state index >= 15 is 0 Å². The maximum atomic E-state index is 11.9. The topological polar surface area (TPSA) is 48.8 Å². The van der Waals surface area contributed by atoms with Gasteiger partial charge in [0.15, 0.2) is 0 Å². The van der Waals surface area contributed by atoms with Crippen molar-refractivity contribution in [1.29, 1.82) is 0 Å². The Bertz CT molecular complexity index is 724. The number of halogens is 1. The lowest BCUT2D eigenvalue weighted by Gasteiger charge is -2.04. The zero-order chi connectivity index (χ0) is 25.1. The molecular weight excluding hydrogens is 510 g/mol. The van der Waals surface area contributed by atoms with E-state index in [2.05, 4.69) is 45.5 Å². The van der Waals surface area contributed by atoms with Crippen molar-refractivity contribution in [3.63, 3.8) is 0 Å². The number of rotatable bonds is 22. The van der Waals surface area contributed by atoms with Crippen molar-refractivity contribution >= 4 is 5.91 Å². The van der Waals surface area contributed by atoms with Gasteiger partial charge in [0.05, 0.1) is 6.54 Å². The van der Waals surface area contributed by atoms with E-state index in [1.165, 1.54) is 83.5 Å². The number of H-pyrrole nitrogens is 1. The number of nitrogens with zero attached hydrogens (tertiary/aromatic N) is 1. The van der Waals surface area contributed by atoms with Crippen molar-refractivity contribution in [2.24, 2.45) is 0 Å². The molecule has 0 unspecified atom stereocenters. The van der Waals surface area contributed by atoms with Crippen LogP contribution in [0.25, 0.3) is 0 Å². The normalized spacial score (nSPS) is 10.0. The molecule has 0 atom stereocenters. The van der Waals surface area contributed by atoms with Gasteiger partial charge in [-0.05, 0) is 31.1 Å². The Morgan fingerprint density at radius 2 is 1.28 bits per heavy atom. The van der Waals surface area contributed by atoms with E-state index in [9.17, 15) is 4.79 Å². The van der Waals surface area contributed by atoms with E-state index in [-0.39, 0.29) is 22.9 Å². The molecule has 0 bridgehead atoms. The molecular formula is C31H52BrN3O. The number of hydrogen-bond donors (Lipinski definition) is 2. The molecule has 0 aliphatic rings. The molecule has 1 rings (SSSR count). The number of nitrogens with one attached hydrogen (secondary N) is 2. The quantitative estimate of drug-likeness (QED) is 0.124. The maximum absolute atomic E-state index is 11.9. The predicted molar refractivity (Wildman–Crippen MR) is 148 cm³/mol. The van der Waals surface area contributed by atoms with E-state index in [1.807, 2.05) is 18.7 Å². The predicted octanol–water partition coefficient (Wildman–Crippen LogP) is 4.25. The van der Waals surface area contributed by atoms with Gasteiger partial charge in [-0.15, -0.1) is 0 Å². The first-order chi connectivity index (χ1) is 17.3. The van der Waals surface area contributed by atoms with Gasteiger partial charge >= 0.3 is 0 Å². The standard InChI is InChI=1S/C31H51N3O.BrH/c1-2-3-4-5-6-7-8-9-10-11-12-13-14-15-16-17-18-19-20-21-22-23-25-31(35)33-26-24-28-34-29-27-32-30-34;/h27,29-30H,2-12,17-26,28H2,1H3,(H,33,35);1H. The van der Waals surface area contributed by atoms with Crippen LogP contribution in [0.4, 0.5) is 0 Å². The van der Waals surface area contributed by atoms with Crippen LogP contribution in [0.1, 0.15) is 135 Å². The van der Waals surface area contributed by atoms with E-state index in [0.717, 1.165) is 51.6 Å². The van der Waals surface area contributed by atoms with Crippen LogP contribution in [0, 0.1) is 23.7 Å². The Kier molecular flexibility index (Phi) is 26.5. The summed E-state index contributed by atoms with van der Waals surface area (Å²) in [6.45, 7) is 3.96. The van der Waals surface area contributed by atoms with Gasteiger partial charge in [0.25, 0.3) is 0 Å². The fraction of sp³-hybridized carbons (Fsp3) is 0.742. The summed E-state index contributed by atoms with van der Waals surface area (Å²) in [5.74, 6) is 12.6. The third-order valence-electron chi connectivity index (χ3n) is 6.37. The third kappa shape index (κ3) is 24.0. The molecule has 0 fully saturated rings. The highest BCUT2D eigenvalue weighted by Crippen LogP contribution is 2.11. The molecule has 0 saturated heterocycles. The van der Waals surface area contributed by atoms with Crippen LogP contribution in [0.15, 0.2) is 18.7 Å². The van der Waals surface area contributed by atoms with Gasteiger partial charge in [-0.25, -0.2) is 4.57 Å². The van der Waals surface area contributed by atoms with Crippen LogP contribution >= 0.6 is 0 Å². The molecule has 1 aromatic heterocycles. The summed E-state index contributed by atoms with van der Waals surface area (Å²) in [7, 11) is 0. The number of carbonyl (C=O) groups excluding carboxylic acids is 1. The second-order valence-corrected chi connectivity index (χ2v) is 9.71. The minimum Gasteiger partial charge on any atom is -1.00 e. The number of aromatic amines is 1. The first-order valence-corrected chi connectivity index (χ1v) is 14.6. The second-order valence-electron chi connectivity index (χ2n) is 9.71. The molecule has 1 heterocycles. The van der Waals surface area contributed by atoms with E-state index in [4.69, 9.17) is 0 Å². The first-order valence-electron chi connectivity index (χ1n) is 14.6. The molecule has 1 amide bonds. The molecule has 0 aromatic carbocycles. The van der Waals surface area contributed by atoms with Crippen LogP contribution in [0.3, 0.4) is 0 Å². The summed E-state index contributed by atoms with van der Waals surface area (Å²) in [6.07, 6.45) is 30.1. The molecule has 36 heavy (non-hydrogen) atoms. The van der Waals surface area contributed by atoms with Crippen molar-refractivity contribution in [2.45, 2.75) is 142 Å². The molecule has 0 aliphatic carbocycles. The molecule has 0 spiro atoms. The van der Waals surface area contributed by atoms with Crippen LogP contribution in [-0.4, -0.2) is 17.4 Å². The Morgan fingerprint density at radius 3 is 1.81 bits per heavy atom. The fourth-order valence-electron chi connectivity index (χ4n) is 4.16. The van der Waals surface area contributed by atoms with Crippen molar-refractivity contribution < 1.29 is 26.3 Å². The summed E-state index contributed by atoms with van der Waals surface area (Å²) < 4.78 is 2.09. The molecule has 204 valence electrons. The molecule has 4 nitrogen and oxygen atoms in total. The maximum Gasteiger partial charge on any atom is 0.241 e. The Labute approximate surface area is 233 Å². The Hall–Kier alpha value is -1.72. The van der Waals surface area contributed by atoms with Crippen molar-refractivity contribution in [2.75, 3.05) is 6.54 Å². The SMILES string of the molecule is CCCCCCCCCCCCC#CC#CCCCCCCCCC(=O)NCCC[n+]1cc[nH]c1.[Br-]. The van der Waals surface area contributed by atoms with Gasteiger partial charge in [0.2, 0.25) is 12.2 Å². The zero-order valence-electron chi connectivity index (χ0n) is 23.0. The molecule has 1 aromatic rings. The second kappa shape index (κ2) is 27.9. The van der Waals surface area contributed by atoms with Crippen molar-refractivity contribution in [3.05, 3.63) is 18.7 Å².